The van der Waals surface area contributed by atoms with Gasteiger partial charge in [-0.1, -0.05) is 84.9 Å². The average Bonchev–Trinajstić information content (AvgIpc) is 3.00. The third kappa shape index (κ3) is 8.79. The van der Waals surface area contributed by atoms with E-state index in [0.29, 0.717) is 45.4 Å². The number of aryl methyl sites for hydroxylation is 1. The van der Waals surface area contributed by atoms with Crippen LogP contribution in [0.2, 0.25) is 0 Å². The molecular formula is C31H36N4O4S. The fraction of sp³-hybridized carbons (Fsp3) is 0.290. The van der Waals surface area contributed by atoms with Crippen molar-refractivity contribution in [2.24, 2.45) is 0 Å². The second kappa shape index (κ2) is 14.4. The molecule has 8 nitrogen and oxygen atoms in total. The Labute approximate surface area is 236 Å². The zero-order chi connectivity index (χ0) is 28.2. The molecule has 3 N–H and O–H groups in total. The maximum atomic E-state index is 13.6. The van der Waals surface area contributed by atoms with Gasteiger partial charge in [0.05, 0.1) is 4.90 Å². The Kier molecular flexibility index (Phi) is 10.5. The van der Waals surface area contributed by atoms with Crippen LogP contribution in [0.15, 0.2) is 107 Å². The maximum Gasteiger partial charge on any atom is 0.318 e. The number of hydrogen-bond acceptors (Lipinski definition) is 5. The number of sulfone groups is 1. The van der Waals surface area contributed by atoms with E-state index in [4.69, 9.17) is 0 Å². The first-order valence-corrected chi connectivity index (χ1v) is 15.1. The molecule has 1 aliphatic rings. The van der Waals surface area contributed by atoms with Crippen LogP contribution in [0.25, 0.3) is 0 Å². The number of urea groups is 1. The van der Waals surface area contributed by atoms with Crippen LogP contribution in [0.1, 0.15) is 17.5 Å². The molecule has 0 aliphatic carbocycles. The summed E-state index contributed by atoms with van der Waals surface area (Å²) in [4.78, 5) is 28.5. The molecule has 40 heavy (non-hydrogen) atoms. The quantitative estimate of drug-likeness (QED) is 0.334. The van der Waals surface area contributed by atoms with Gasteiger partial charge >= 0.3 is 6.03 Å². The molecule has 210 valence electrons. The van der Waals surface area contributed by atoms with Crippen LogP contribution >= 0.6 is 0 Å². The van der Waals surface area contributed by atoms with Crippen molar-refractivity contribution in [1.29, 1.82) is 0 Å². The first-order valence-electron chi connectivity index (χ1n) is 13.5. The second-order valence-electron chi connectivity index (χ2n) is 9.75. The second-order valence-corrected chi connectivity index (χ2v) is 11.6. The number of carbonyl (C=O) groups excluding carboxylic acids is 2. The molecule has 1 fully saturated rings. The SMILES string of the molecule is O=C(N[C@H](/C=C/S(=O)(=O)c1ccccc1)CCc1ccccc1)[C@H](Cc1ccccc1)NC(=O)N1CCNCC1. The van der Waals surface area contributed by atoms with E-state index in [1.54, 1.807) is 35.2 Å². The highest BCUT2D eigenvalue weighted by atomic mass is 32.2. The van der Waals surface area contributed by atoms with Crippen LogP contribution in [-0.4, -0.2) is 63.5 Å². The van der Waals surface area contributed by atoms with Gasteiger partial charge in [0.15, 0.2) is 9.84 Å². The maximum absolute atomic E-state index is 13.6. The third-order valence-corrected chi connectivity index (χ3v) is 8.22. The van der Waals surface area contributed by atoms with Crippen molar-refractivity contribution >= 4 is 21.8 Å². The van der Waals surface area contributed by atoms with E-state index >= 15 is 0 Å². The van der Waals surface area contributed by atoms with Crippen molar-refractivity contribution in [1.82, 2.24) is 20.9 Å². The average molecular weight is 561 g/mol. The van der Waals surface area contributed by atoms with Gasteiger partial charge in [0.2, 0.25) is 5.91 Å². The Morgan fingerprint density at radius 3 is 2.02 bits per heavy atom. The fourth-order valence-electron chi connectivity index (χ4n) is 4.52. The van der Waals surface area contributed by atoms with Crippen molar-refractivity contribution in [2.45, 2.75) is 36.2 Å². The topological polar surface area (TPSA) is 108 Å². The van der Waals surface area contributed by atoms with E-state index in [1.807, 2.05) is 60.7 Å². The molecule has 4 rings (SSSR count). The molecule has 1 heterocycles. The minimum Gasteiger partial charge on any atom is -0.348 e. The molecule has 1 saturated heterocycles. The Morgan fingerprint density at radius 2 is 1.40 bits per heavy atom. The predicted molar refractivity (Wildman–Crippen MR) is 156 cm³/mol. The first kappa shape index (κ1) is 29.0. The Morgan fingerprint density at radius 1 is 0.825 bits per heavy atom. The number of hydrogen-bond donors (Lipinski definition) is 3. The van der Waals surface area contributed by atoms with Gasteiger partial charge in [0, 0.05) is 44.0 Å². The lowest BCUT2D eigenvalue weighted by atomic mass is 10.0. The fourth-order valence-corrected chi connectivity index (χ4v) is 5.61. The molecule has 3 amide bonds. The molecule has 0 saturated carbocycles. The largest absolute Gasteiger partial charge is 0.348 e. The van der Waals surface area contributed by atoms with Gasteiger partial charge in [-0.2, -0.15) is 0 Å². The number of nitrogens with zero attached hydrogens (tertiary/aromatic N) is 1. The summed E-state index contributed by atoms with van der Waals surface area (Å²) in [6.07, 6.45) is 2.96. The molecular weight excluding hydrogens is 524 g/mol. The smallest absolute Gasteiger partial charge is 0.318 e. The lowest BCUT2D eigenvalue weighted by Crippen LogP contribution is -2.56. The first-order chi connectivity index (χ1) is 19.4. The van der Waals surface area contributed by atoms with Crippen molar-refractivity contribution in [3.8, 4) is 0 Å². The van der Waals surface area contributed by atoms with Crippen LogP contribution in [0, 0.1) is 0 Å². The van der Waals surface area contributed by atoms with E-state index in [9.17, 15) is 18.0 Å². The van der Waals surface area contributed by atoms with Crippen molar-refractivity contribution < 1.29 is 18.0 Å². The standard InChI is InChI=1S/C31H36N4O4S/c36-30(29(24-26-12-6-2-7-13-26)34-31(37)35-21-19-32-20-22-35)33-27(17-16-25-10-4-1-5-11-25)18-23-40(38,39)28-14-8-3-9-15-28/h1-15,18,23,27,29,32H,16-17,19-22,24H2,(H,33,36)(H,34,37)/b23-18+/t27-,29-/m0/s1. The van der Waals surface area contributed by atoms with Crippen LogP contribution in [-0.2, 0) is 27.5 Å². The summed E-state index contributed by atoms with van der Waals surface area (Å²) in [5.74, 6) is -0.368. The molecule has 2 atom stereocenters. The monoisotopic (exact) mass is 560 g/mol. The molecule has 3 aromatic carbocycles. The molecule has 3 aromatic rings. The molecule has 0 unspecified atom stereocenters. The summed E-state index contributed by atoms with van der Waals surface area (Å²) in [5.41, 5.74) is 1.99. The van der Waals surface area contributed by atoms with E-state index in [2.05, 4.69) is 16.0 Å². The van der Waals surface area contributed by atoms with Gasteiger partial charge in [-0.25, -0.2) is 13.2 Å². The van der Waals surface area contributed by atoms with Crippen LogP contribution in [0.5, 0.6) is 0 Å². The molecule has 1 aliphatic heterocycles. The summed E-state index contributed by atoms with van der Waals surface area (Å²) < 4.78 is 25.9. The van der Waals surface area contributed by atoms with E-state index in [-0.39, 0.29) is 16.8 Å². The molecule has 0 bridgehead atoms. The summed E-state index contributed by atoms with van der Waals surface area (Å²) in [6, 6.07) is 25.8. The Bertz CT molecular complexity index is 1360. The lowest BCUT2D eigenvalue weighted by Gasteiger charge is -2.30. The highest BCUT2D eigenvalue weighted by Gasteiger charge is 2.26. The predicted octanol–water partition coefficient (Wildman–Crippen LogP) is 3.32. The minimum atomic E-state index is -3.69. The number of rotatable bonds is 11. The van der Waals surface area contributed by atoms with E-state index in [0.717, 1.165) is 16.5 Å². The molecule has 0 aromatic heterocycles. The number of carbonyl (C=O) groups is 2. The highest BCUT2D eigenvalue weighted by Crippen LogP contribution is 2.14. The summed E-state index contributed by atoms with van der Waals surface area (Å²) in [6.45, 7) is 2.52. The summed E-state index contributed by atoms with van der Waals surface area (Å²) >= 11 is 0. The van der Waals surface area contributed by atoms with Crippen molar-refractivity contribution in [3.63, 3.8) is 0 Å². The minimum absolute atomic E-state index is 0.185. The van der Waals surface area contributed by atoms with E-state index < -0.39 is 21.9 Å². The molecule has 9 heteroatoms. The third-order valence-electron chi connectivity index (χ3n) is 6.78. The van der Waals surface area contributed by atoms with Gasteiger partial charge < -0.3 is 20.9 Å². The van der Waals surface area contributed by atoms with Gasteiger partial charge in [0.25, 0.3) is 0 Å². The van der Waals surface area contributed by atoms with Crippen LogP contribution in [0.3, 0.4) is 0 Å². The van der Waals surface area contributed by atoms with Gasteiger partial charge in [-0.05, 0) is 36.1 Å². The van der Waals surface area contributed by atoms with Crippen LogP contribution in [0.4, 0.5) is 4.79 Å². The summed E-state index contributed by atoms with van der Waals surface area (Å²) in [5, 5.41) is 10.3. The number of nitrogens with one attached hydrogen (secondary N) is 3. The number of piperazine rings is 1. The van der Waals surface area contributed by atoms with Crippen molar-refractivity contribution in [3.05, 3.63) is 114 Å². The molecule has 0 spiro atoms. The number of amides is 3. The summed E-state index contributed by atoms with van der Waals surface area (Å²) in [7, 11) is -3.69. The normalized spacial score (nSPS) is 15.3. The van der Waals surface area contributed by atoms with Crippen molar-refractivity contribution in [2.75, 3.05) is 26.2 Å². The zero-order valence-corrected chi connectivity index (χ0v) is 23.2. The highest BCUT2D eigenvalue weighted by molar-refractivity contribution is 7.94. The van der Waals surface area contributed by atoms with Crippen LogP contribution < -0.4 is 16.0 Å². The Balaban J connectivity index is 1.53. The van der Waals surface area contributed by atoms with Gasteiger partial charge in [0.1, 0.15) is 6.04 Å². The number of benzene rings is 3. The lowest BCUT2D eigenvalue weighted by molar-refractivity contribution is -0.123. The zero-order valence-electron chi connectivity index (χ0n) is 22.4. The van der Waals surface area contributed by atoms with Gasteiger partial charge in [-0.3, -0.25) is 4.79 Å². The van der Waals surface area contributed by atoms with E-state index in [1.165, 1.54) is 6.08 Å². The molecule has 0 radical (unpaired) electrons. The Hall–Kier alpha value is -3.95. The van der Waals surface area contributed by atoms with Gasteiger partial charge in [-0.15, -0.1) is 0 Å².